The number of hydrogen-bond acceptors (Lipinski definition) is 7. The van der Waals surface area contributed by atoms with Crippen molar-refractivity contribution >= 4 is 17.6 Å². The molecule has 4 rings (SSSR count). The minimum atomic E-state index is -0.149. The molecule has 0 saturated carbocycles. The van der Waals surface area contributed by atoms with Gasteiger partial charge in [-0.15, -0.1) is 0 Å². The van der Waals surface area contributed by atoms with Gasteiger partial charge in [0.25, 0.3) is 5.89 Å². The molecule has 1 fully saturated rings. The van der Waals surface area contributed by atoms with Crippen molar-refractivity contribution in [2.45, 2.75) is 33.7 Å². The van der Waals surface area contributed by atoms with E-state index in [-0.39, 0.29) is 11.9 Å². The van der Waals surface area contributed by atoms with Crippen LogP contribution in [0.1, 0.15) is 30.8 Å². The molecule has 0 spiro atoms. The molecule has 1 aliphatic heterocycles. The van der Waals surface area contributed by atoms with E-state index in [1.165, 1.54) is 7.11 Å². The average molecular weight is 455 g/mol. The van der Waals surface area contributed by atoms with Gasteiger partial charge in [0.15, 0.2) is 0 Å². The van der Waals surface area contributed by atoms with Crippen molar-refractivity contribution in [3.05, 3.63) is 52.3 Å². The quantitative estimate of drug-likeness (QED) is 0.484. The molecule has 0 radical (unpaired) electrons. The Bertz CT molecular complexity index is 1120. The number of likely N-dealkylation sites (tertiary alicyclic amines) is 1. The minimum absolute atomic E-state index is 0.0361. The second-order valence-electron chi connectivity index (χ2n) is 8.68. The first-order chi connectivity index (χ1) is 15.3. The maximum absolute atomic E-state index is 11.5. The number of ether oxygens (including phenoxy) is 1. The summed E-state index contributed by atoms with van der Waals surface area (Å²) in [6, 6.07) is 9.77. The van der Waals surface area contributed by atoms with E-state index in [2.05, 4.69) is 28.9 Å². The number of rotatable bonds is 7. The normalized spacial score (nSPS) is 14.6. The topological polar surface area (TPSA) is 81.4 Å². The zero-order chi connectivity index (χ0) is 22.8. The molecule has 1 saturated heterocycles. The summed E-state index contributed by atoms with van der Waals surface area (Å²) in [6.07, 6.45) is 0.923. The lowest BCUT2D eigenvalue weighted by atomic mass is 10.00. The van der Waals surface area contributed by atoms with Crippen LogP contribution < -0.4 is 0 Å². The molecule has 168 valence electrons. The van der Waals surface area contributed by atoms with E-state index in [9.17, 15) is 4.79 Å². The Morgan fingerprint density at radius 1 is 1.25 bits per heavy atom. The van der Waals surface area contributed by atoms with E-state index in [0.717, 1.165) is 34.5 Å². The highest BCUT2D eigenvalue weighted by atomic mass is 35.5. The summed E-state index contributed by atoms with van der Waals surface area (Å²) in [6.45, 7) is 8.34. The minimum Gasteiger partial charge on any atom is -0.469 e. The van der Waals surface area contributed by atoms with E-state index in [1.807, 2.05) is 37.3 Å². The summed E-state index contributed by atoms with van der Waals surface area (Å²) in [5, 5.41) is 4.86. The van der Waals surface area contributed by atoms with Crippen LogP contribution in [-0.4, -0.2) is 46.2 Å². The molecule has 0 aliphatic carbocycles. The summed E-state index contributed by atoms with van der Waals surface area (Å²) in [4.78, 5) is 23.0. The van der Waals surface area contributed by atoms with Crippen LogP contribution in [0.4, 0.5) is 0 Å². The van der Waals surface area contributed by atoms with Gasteiger partial charge in [-0.2, -0.15) is 4.98 Å². The lowest BCUT2D eigenvalue weighted by molar-refractivity contribution is -0.151. The number of benzene rings is 1. The van der Waals surface area contributed by atoms with Crippen molar-refractivity contribution < 1.29 is 14.1 Å². The summed E-state index contributed by atoms with van der Waals surface area (Å²) < 4.78 is 10.3. The van der Waals surface area contributed by atoms with Gasteiger partial charge < -0.3 is 9.26 Å². The molecule has 3 aromatic rings. The zero-order valence-corrected chi connectivity index (χ0v) is 19.5. The van der Waals surface area contributed by atoms with Crippen LogP contribution in [0.2, 0.25) is 5.02 Å². The molecular weight excluding hydrogens is 428 g/mol. The zero-order valence-electron chi connectivity index (χ0n) is 18.8. The second-order valence-corrected chi connectivity index (χ2v) is 9.08. The number of carbonyl (C=O) groups is 1. The van der Waals surface area contributed by atoms with Crippen molar-refractivity contribution in [2.75, 3.05) is 20.2 Å². The number of esters is 1. The van der Waals surface area contributed by atoms with Crippen LogP contribution in [0.25, 0.3) is 22.8 Å². The Morgan fingerprint density at radius 3 is 2.69 bits per heavy atom. The Morgan fingerprint density at radius 2 is 2.03 bits per heavy atom. The number of pyridine rings is 1. The Balaban J connectivity index is 1.45. The van der Waals surface area contributed by atoms with Crippen LogP contribution in [0.5, 0.6) is 0 Å². The summed E-state index contributed by atoms with van der Waals surface area (Å²) in [7, 11) is 1.43. The van der Waals surface area contributed by atoms with Crippen molar-refractivity contribution in [1.82, 2.24) is 20.0 Å². The third-order valence-electron chi connectivity index (χ3n) is 5.62. The fourth-order valence-corrected chi connectivity index (χ4v) is 4.17. The van der Waals surface area contributed by atoms with Gasteiger partial charge in [-0.05, 0) is 49.1 Å². The largest absolute Gasteiger partial charge is 0.469 e. The molecule has 1 aliphatic rings. The SMILES string of the molecule is COC(=O)C1CN(Cc2ccc(-c3noc(-c4ccc(CC(C)C)c(Cl)c4)n3)c(C)n2)C1. The van der Waals surface area contributed by atoms with Crippen LogP contribution in [-0.2, 0) is 22.5 Å². The fraction of sp³-hybridized carbons (Fsp3) is 0.417. The molecular formula is C24H27ClN4O3. The second kappa shape index (κ2) is 9.38. The molecule has 3 heterocycles. The van der Waals surface area contributed by atoms with Crippen LogP contribution >= 0.6 is 11.6 Å². The van der Waals surface area contributed by atoms with Gasteiger partial charge in [-0.1, -0.05) is 36.7 Å². The molecule has 2 aromatic heterocycles. The highest BCUT2D eigenvalue weighted by molar-refractivity contribution is 6.31. The number of aryl methyl sites for hydroxylation is 1. The molecule has 7 nitrogen and oxygen atoms in total. The lowest BCUT2D eigenvalue weighted by Crippen LogP contribution is -2.50. The van der Waals surface area contributed by atoms with Crippen LogP contribution in [0.15, 0.2) is 34.9 Å². The van der Waals surface area contributed by atoms with Gasteiger partial charge >= 0.3 is 5.97 Å². The van der Waals surface area contributed by atoms with Crippen LogP contribution in [0, 0.1) is 18.8 Å². The van der Waals surface area contributed by atoms with Gasteiger partial charge in [0.1, 0.15) is 0 Å². The summed E-state index contributed by atoms with van der Waals surface area (Å²) in [5.41, 5.74) is 4.49. The van der Waals surface area contributed by atoms with E-state index in [1.54, 1.807) is 0 Å². The predicted octanol–water partition coefficient (Wildman–Crippen LogP) is 4.56. The van der Waals surface area contributed by atoms with Crippen molar-refractivity contribution in [2.24, 2.45) is 11.8 Å². The van der Waals surface area contributed by atoms with Gasteiger partial charge in [0.05, 0.1) is 18.7 Å². The van der Waals surface area contributed by atoms with Gasteiger partial charge in [0, 0.05) is 41.5 Å². The number of hydrogen-bond donors (Lipinski definition) is 0. The van der Waals surface area contributed by atoms with Crippen molar-refractivity contribution in [3.63, 3.8) is 0 Å². The lowest BCUT2D eigenvalue weighted by Gasteiger charge is -2.37. The molecule has 0 unspecified atom stereocenters. The van der Waals surface area contributed by atoms with Crippen molar-refractivity contribution in [3.8, 4) is 22.8 Å². The molecule has 8 heteroatoms. The Labute approximate surface area is 192 Å². The first kappa shape index (κ1) is 22.4. The van der Waals surface area contributed by atoms with Crippen molar-refractivity contribution in [1.29, 1.82) is 0 Å². The maximum Gasteiger partial charge on any atom is 0.311 e. The third kappa shape index (κ3) is 4.84. The predicted molar refractivity (Wildman–Crippen MR) is 122 cm³/mol. The van der Waals surface area contributed by atoms with Gasteiger partial charge in [0.2, 0.25) is 5.82 Å². The summed E-state index contributed by atoms with van der Waals surface area (Å²) in [5.74, 6) is 1.27. The smallest absolute Gasteiger partial charge is 0.311 e. The Kier molecular flexibility index (Phi) is 6.58. The number of halogens is 1. The summed E-state index contributed by atoms with van der Waals surface area (Å²) >= 11 is 6.45. The first-order valence-corrected chi connectivity index (χ1v) is 11.1. The number of aromatic nitrogens is 3. The van der Waals surface area contributed by atoms with Crippen LogP contribution in [0.3, 0.4) is 0 Å². The van der Waals surface area contributed by atoms with E-state index in [4.69, 9.17) is 25.8 Å². The molecule has 0 N–H and O–H groups in total. The monoisotopic (exact) mass is 454 g/mol. The molecule has 32 heavy (non-hydrogen) atoms. The van der Waals surface area contributed by atoms with Gasteiger partial charge in [-0.3, -0.25) is 14.7 Å². The maximum atomic E-state index is 11.5. The average Bonchev–Trinajstić information content (AvgIpc) is 3.21. The number of methoxy groups -OCH3 is 1. The third-order valence-corrected chi connectivity index (χ3v) is 5.97. The van der Waals surface area contributed by atoms with E-state index >= 15 is 0 Å². The van der Waals surface area contributed by atoms with E-state index in [0.29, 0.717) is 42.3 Å². The fourth-order valence-electron chi connectivity index (χ4n) is 3.92. The van der Waals surface area contributed by atoms with E-state index < -0.39 is 0 Å². The highest BCUT2D eigenvalue weighted by Gasteiger charge is 2.33. The molecule has 0 bridgehead atoms. The Hall–Kier alpha value is -2.77. The van der Waals surface area contributed by atoms with Gasteiger partial charge in [-0.25, -0.2) is 0 Å². The molecule has 0 atom stereocenters. The number of nitrogens with zero attached hydrogens (tertiary/aromatic N) is 4. The number of carbonyl (C=O) groups excluding carboxylic acids is 1. The standard InChI is InChI=1S/C24H27ClN4O3/c1-14(2)9-16-5-6-17(10-21(16)25)23-27-22(28-32-23)20-8-7-19(26-15(20)3)13-29-11-18(12-29)24(30)31-4/h5-8,10,14,18H,9,11-13H2,1-4H3. The highest BCUT2D eigenvalue weighted by Crippen LogP contribution is 2.29. The first-order valence-electron chi connectivity index (χ1n) is 10.7. The molecule has 1 aromatic carbocycles. The molecule has 0 amide bonds.